The summed E-state index contributed by atoms with van der Waals surface area (Å²) in [5.41, 5.74) is 0.282. The van der Waals surface area contributed by atoms with Crippen LogP contribution >= 0.6 is 11.8 Å². The summed E-state index contributed by atoms with van der Waals surface area (Å²) in [5.74, 6) is 2.23. The Bertz CT molecular complexity index is 504. The molecule has 122 valence electrons. The van der Waals surface area contributed by atoms with Gasteiger partial charge in [-0.05, 0) is 43.2 Å². The summed E-state index contributed by atoms with van der Waals surface area (Å²) in [5, 5.41) is 16.7. The summed E-state index contributed by atoms with van der Waals surface area (Å²) in [6.07, 6.45) is 1.52. The molecule has 1 atom stereocenters. The van der Waals surface area contributed by atoms with Crippen molar-refractivity contribution >= 4 is 17.7 Å². The summed E-state index contributed by atoms with van der Waals surface area (Å²) >= 11 is 1.77. The van der Waals surface area contributed by atoms with E-state index in [2.05, 4.69) is 15.6 Å². The van der Waals surface area contributed by atoms with Crippen LogP contribution in [-0.2, 0) is 6.42 Å². The Kier molecular flexibility index (Phi) is 6.51. The van der Waals surface area contributed by atoms with Crippen molar-refractivity contribution in [1.29, 1.82) is 0 Å². The van der Waals surface area contributed by atoms with Gasteiger partial charge < -0.3 is 15.7 Å². The second kappa shape index (κ2) is 8.39. The fraction of sp³-hybridized carbons (Fsp3) is 0.562. The van der Waals surface area contributed by atoms with Gasteiger partial charge in [0.25, 0.3) is 0 Å². The van der Waals surface area contributed by atoms with Crippen molar-refractivity contribution in [1.82, 2.24) is 10.6 Å². The molecule has 1 unspecified atom stereocenters. The van der Waals surface area contributed by atoms with E-state index < -0.39 is 5.60 Å². The van der Waals surface area contributed by atoms with E-state index in [4.69, 9.17) is 0 Å². The highest BCUT2D eigenvalue weighted by molar-refractivity contribution is 7.99. The molecule has 0 spiro atoms. The number of hydrogen-bond acceptors (Lipinski definition) is 3. The molecule has 0 amide bonds. The third-order valence-electron chi connectivity index (χ3n) is 3.55. The molecule has 0 radical (unpaired) electrons. The third-order valence-corrected chi connectivity index (χ3v) is 4.79. The zero-order valence-corrected chi connectivity index (χ0v) is 13.8. The number of guanidine groups is 1. The van der Waals surface area contributed by atoms with Crippen LogP contribution in [0.1, 0.15) is 18.9 Å². The minimum atomic E-state index is -0.671. The number of rotatable bonds is 6. The van der Waals surface area contributed by atoms with Crippen molar-refractivity contribution in [3.8, 4) is 0 Å². The molecular formula is C16H24FN3OS. The number of hydrogen-bond donors (Lipinski definition) is 3. The van der Waals surface area contributed by atoms with E-state index in [1.807, 2.05) is 13.0 Å². The molecule has 6 heteroatoms. The highest BCUT2D eigenvalue weighted by atomic mass is 32.2. The number of thioether (sulfide) groups is 1. The van der Waals surface area contributed by atoms with E-state index in [0.29, 0.717) is 19.0 Å². The maximum Gasteiger partial charge on any atom is 0.191 e. The van der Waals surface area contributed by atoms with Crippen molar-refractivity contribution in [2.24, 2.45) is 4.99 Å². The van der Waals surface area contributed by atoms with Gasteiger partial charge in [-0.3, -0.25) is 4.99 Å². The maximum atomic E-state index is 13.1. The standard InChI is InChI=1S/C16H24FN3OS/c1-2-18-15(20-11-16(21)7-9-22-12-16)19-8-6-13-4-3-5-14(17)10-13/h3-5,10,21H,2,6-9,11-12H2,1H3,(H2,18,19,20). The Morgan fingerprint density at radius 2 is 2.32 bits per heavy atom. The van der Waals surface area contributed by atoms with Gasteiger partial charge in [0.2, 0.25) is 0 Å². The van der Waals surface area contributed by atoms with Gasteiger partial charge in [0.1, 0.15) is 5.82 Å². The molecule has 3 N–H and O–H groups in total. The number of aliphatic imine (C=N–C) groups is 1. The molecule has 0 aliphatic carbocycles. The molecule has 1 heterocycles. The van der Waals surface area contributed by atoms with Crippen molar-refractivity contribution in [3.63, 3.8) is 0 Å². The molecule has 4 nitrogen and oxygen atoms in total. The topological polar surface area (TPSA) is 56.7 Å². The first kappa shape index (κ1) is 17.1. The molecule has 2 rings (SSSR count). The van der Waals surface area contributed by atoms with Gasteiger partial charge in [-0.25, -0.2) is 4.39 Å². The van der Waals surface area contributed by atoms with Crippen LogP contribution in [0.15, 0.2) is 29.3 Å². The second-order valence-electron chi connectivity index (χ2n) is 5.53. The van der Waals surface area contributed by atoms with Crippen LogP contribution in [0.2, 0.25) is 0 Å². The van der Waals surface area contributed by atoms with E-state index >= 15 is 0 Å². The lowest BCUT2D eigenvalue weighted by Crippen LogP contribution is -2.40. The van der Waals surface area contributed by atoms with Crippen LogP contribution in [0.4, 0.5) is 4.39 Å². The predicted molar refractivity (Wildman–Crippen MR) is 91.0 cm³/mol. The monoisotopic (exact) mass is 325 g/mol. The second-order valence-corrected chi connectivity index (χ2v) is 6.63. The Balaban J connectivity index is 1.83. The molecule has 0 aromatic heterocycles. The summed E-state index contributed by atoms with van der Waals surface area (Å²) in [6, 6.07) is 6.62. The fourth-order valence-corrected chi connectivity index (χ4v) is 3.59. The molecular weight excluding hydrogens is 301 g/mol. The number of benzene rings is 1. The highest BCUT2D eigenvalue weighted by Gasteiger charge is 2.31. The van der Waals surface area contributed by atoms with Gasteiger partial charge in [-0.15, -0.1) is 0 Å². The van der Waals surface area contributed by atoms with Crippen LogP contribution in [0, 0.1) is 5.82 Å². The lowest BCUT2D eigenvalue weighted by atomic mass is 10.1. The third kappa shape index (κ3) is 5.50. The largest absolute Gasteiger partial charge is 0.387 e. The molecule has 1 fully saturated rings. The zero-order valence-electron chi connectivity index (χ0n) is 12.9. The van der Waals surface area contributed by atoms with E-state index in [9.17, 15) is 9.50 Å². The lowest BCUT2D eigenvalue weighted by Gasteiger charge is -2.19. The first-order valence-electron chi connectivity index (χ1n) is 7.68. The summed E-state index contributed by atoms with van der Waals surface area (Å²) in [4.78, 5) is 4.47. The molecule has 1 saturated heterocycles. The van der Waals surface area contributed by atoms with Gasteiger partial charge in [0.15, 0.2) is 5.96 Å². The van der Waals surface area contributed by atoms with Gasteiger partial charge in [0, 0.05) is 18.8 Å². The molecule has 1 aromatic carbocycles. The average molecular weight is 325 g/mol. The highest BCUT2D eigenvalue weighted by Crippen LogP contribution is 2.27. The quantitative estimate of drug-likeness (QED) is 0.551. The lowest BCUT2D eigenvalue weighted by molar-refractivity contribution is 0.0778. The number of nitrogens with zero attached hydrogens (tertiary/aromatic N) is 1. The smallest absolute Gasteiger partial charge is 0.191 e. The molecule has 1 aliphatic heterocycles. The first-order valence-corrected chi connectivity index (χ1v) is 8.83. The first-order chi connectivity index (χ1) is 10.6. The SMILES string of the molecule is CCNC(=NCC1(O)CCSC1)NCCc1cccc(F)c1. The van der Waals surface area contributed by atoms with E-state index in [0.717, 1.165) is 36.5 Å². The molecule has 0 bridgehead atoms. The minimum Gasteiger partial charge on any atom is -0.387 e. The summed E-state index contributed by atoms with van der Waals surface area (Å²) in [6.45, 7) is 3.85. The number of aliphatic hydroxyl groups is 1. The fourth-order valence-electron chi connectivity index (χ4n) is 2.31. The average Bonchev–Trinajstić information content (AvgIpc) is 2.92. The molecule has 1 aromatic rings. The summed E-state index contributed by atoms with van der Waals surface area (Å²) < 4.78 is 13.1. The molecule has 22 heavy (non-hydrogen) atoms. The normalized spacial score (nSPS) is 21.9. The molecule has 1 aliphatic rings. The van der Waals surface area contributed by atoms with Crippen LogP contribution in [0.3, 0.4) is 0 Å². The van der Waals surface area contributed by atoms with Crippen LogP contribution in [0.25, 0.3) is 0 Å². The van der Waals surface area contributed by atoms with Gasteiger partial charge in [-0.1, -0.05) is 12.1 Å². The van der Waals surface area contributed by atoms with Gasteiger partial charge >= 0.3 is 0 Å². The molecule has 0 saturated carbocycles. The van der Waals surface area contributed by atoms with E-state index in [1.165, 1.54) is 6.07 Å². The predicted octanol–water partition coefficient (Wildman–Crippen LogP) is 1.79. The Hall–Kier alpha value is -1.27. The number of nitrogens with one attached hydrogen (secondary N) is 2. The number of halogens is 1. The van der Waals surface area contributed by atoms with Crippen molar-refractivity contribution in [2.75, 3.05) is 31.1 Å². The van der Waals surface area contributed by atoms with Crippen LogP contribution in [0.5, 0.6) is 0 Å². The van der Waals surface area contributed by atoms with Crippen LogP contribution in [-0.4, -0.2) is 47.8 Å². The van der Waals surface area contributed by atoms with Crippen molar-refractivity contribution < 1.29 is 9.50 Å². The van der Waals surface area contributed by atoms with Crippen molar-refractivity contribution in [2.45, 2.75) is 25.4 Å². The Morgan fingerprint density at radius 1 is 1.45 bits per heavy atom. The van der Waals surface area contributed by atoms with Gasteiger partial charge in [0.05, 0.1) is 12.1 Å². The zero-order chi connectivity index (χ0) is 15.8. The Labute approximate surface area is 135 Å². The van der Waals surface area contributed by atoms with Crippen molar-refractivity contribution in [3.05, 3.63) is 35.6 Å². The van der Waals surface area contributed by atoms with E-state index in [-0.39, 0.29) is 5.82 Å². The maximum absolute atomic E-state index is 13.1. The van der Waals surface area contributed by atoms with Gasteiger partial charge in [-0.2, -0.15) is 11.8 Å². The summed E-state index contributed by atoms with van der Waals surface area (Å²) in [7, 11) is 0. The van der Waals surface area contributed by atoms with E-state index in [1.54, 1.807) is 23.9 Å². The Morgan fingerprint density at radius 3 is 3.00 bits per heavy atom. The van der Waals surface area contributed by atoms with Crippen LogP contribution < -0.4 is 10.6 Å². The minimum absolute atomic E-state index is 0.209.